The summed E-state index contributed by atoms with van der Waals surface area (Å²) in [6.07, 6.45) is 9.66. The predicted octanol–water partition coefficient (Wildman–Crippen LogP) is 4.28. The second-order valence-corrected chi connectivity index (χ2v) is 14.0. The first-order valence-electron chi connectivity index (χ1n) is 16.6. The van der Waals surface area contributed by atoms with Crippen molar-refractivity contribution in [3.8, 4) is 17.3 Å². The van der Waals surface area contributed by atoms with E-state index in [0.29, 0.717) is 35.1 Å². The first kappa shape index (κ1) is 26.9. The Hall–Kier alpha value is -3.47. The molecule has 3 aromatic heterocycles. The molecule has 6 atom stereocenters. The number of carbonyl (C=O) groups is 1. The average molecular weight is 595 g/mol. The summed E-state index contributed by atoms with van der Waals surface area (Å²) in [6, 6.07) is 11.5. The summed E-state index contributed by atoms with van der Waals surface area (Å²) in [4.78, 5) is 26.2. The largest absolute Gasteiger partial charge is 0.494 e. The number of rotatable bonds is 6. The fourth-order valence-corrected chi connectivity index (χ4v) is 8.85. The van der Waals surface area contributed by atoms with E-state index in [1.54, 1.807) is 7.11 Å². The zero-order valence-corrected chi connectivity index (χ0v) is 25.6. The lowest BCUT2D eigenvalue weighted by atomic mass is 9.81. The monoisotopic (exact) mass is 594 g/mol. The molecule has 44 heavy (non-hydrogen) atoms. The Morgan fingerprint density at radius 2 is 1.91 bits per heavy atom. The molecule has 2 saturated heterocycles. The number of aryl methyl sites for hydroxylation is 1. The van der Waals surface area contributed by atoms with E-state index in [0.717, 1.165) is 65.2 Å². The second kappa shape index (κ2) is 10.0. The van der Waals surface area contributed by atoms with Crippen LogP contribution in [0.4, 0.5) is 0 Å². The number of aromatic nitrogens is 4. The van der Waals surface area contributed by atoms with Crippen molar-refractivity contribution < 1.29 is 9.53 Å². The van der Waals surface area contributed by atoms with Gasteiger partial charge in [0.2, 0.25) is 0 Å². The average Bonchev–Trinajstić information content (AvgIpc) is 3.30. The number of hydrogen-bond donors (Lipinski definition) is 3. The molecule has 3 saturated carbocycles. The van der Waals surface area contributed by atoms with Crippen molar-refractivity contribution >= 4 is 28.0 Å². The molecule has 1 amide bonds. The summed E-state index contributed by atoms with van der Waals surface area (Å²) in [5.74, 6) is 3.19. The fourth-order valence-electron chi connectivity index (χ4n) is 8.85. The van der Waals surface area contributed by atoms with E-state index in [-0.39, 0.29) is 24.0 Å². The number of nitrogens with one attached hydrogen (secondary N) is 2. The van der Waals surface area contributed by atoms with Crippen LogP contribution in [0.25, 0.3) is 33.6 Å². The van der Waals surface area contributed by atoms with Gasteiger partial charge >= 0.3 is 0 Å². The van der Waals surface area contributed by atoms with E-state index in [1.807, 2.05) is 24.1 Å². The SMILES string of the molecule is COc1cc(C(=O)N2CC3CCC2[C@@H]3N)cc2nc(-c3cc4ccc(C5NNC6CCCCC65)nc4n3CC3CC3)n(C)c12. The Kier molecular flexibility index (Phi) is 6.12. The summed E-state index contributed by atoms with van der Waals surface area (Å²) in [7, 11) is 3.71. The molecule has 4 aromatic rings. The molecule has 5 fully saturated rings. The molecule has 1 aromatic carbocycles. The van der Waals surface area contributed by atoms with Crippen LogP contribution in [0, 0.1) is 17.8 Å². The lowest BCUT2D eigenvalue weighted by molar-refractivity contribution is 0.0700. The van der Waals surface area contributed by atoms with Crippen LogP contribution >= 0.6 is 0 Å². The normalized spacial score (nSPS) is 29.7. The van der Waals surface area contributed by atoms with Crippen LogP contribution in [0.1, 0.15) is 73.5 Å². The Morgan fingerprint density at radius 1 is 1.05 bits per heavy atom. The van der Waals surface area contributed by atoms with Crippen LogP contribution in [-0.4, -0.2) is 61.7 Å². The standard InChI is InChI=1S/C34H42N8O2/c1-40-31-25(13-21(15-28(31)44-2)34(43)42-17-20-10-12-26(42)29(20)35)37-33(40)27-14-19-9-11-24(36-32(19)41(27)16-18-7-8-18)30-22-5-3-4-6-23(22)38-39-30/h9,11,13-15,18,20,22-23,26,29-30,38-39H,3-8,10,12,16-17,35H2,1-2H3/t20?,22?,23?,26?,29-,30?/m1/s1. The van der Waals surface area contributed by atoms with Crippen LogP contribution in [-0.2, 0) is 13.6 Å². The molecule has 2 bridgehead atoms. The van der Waals surface area contributed by atoms with Crippen LogP contribution < -0.4 is 21.3 Å². The van der Waals surface area contributed by atoms with Crippen LogP contribution in [0.15, 0.2) is 30.3 Å². The van der Waals surface area contributed by atoms with Crippen molar-refractivity contribution in [3.63, 3.8) is 0 Å². The maximum absolute atomic E-state index is 13.7. The molecule has 5 aliphatic rings. The number of pyridine rings is 1. The number of carbonyl (C=O) groups excluding carboxylic acids is 1. The molecule has 10 nitrogen and oxygen atoms in total. The van der Waals surface area contributed by atoms with Crippen LogP contribution in [0.5, 0.6) is 5.75 Å². The first-order chi connectivity index (χ1) is 21.5. The van der Waals surface area contributed by atoms with E-state index in [2.05, 4.69) is 38.2 Å². The van der Waals surface area contributed by atoms with Crippen LogP contribution in [0.3, 0.4) is 0 Å². The number of imidazole rings is 1. The molecule has 9 rings (SSSR count). The van der Waals surface area contributed by atoms with Gasteiger partial charge in [-0.1, -0.05) is 12.8 Å². The van der Waals surface area contributed by atoms with Crippen molar-refractivity contribution in [1.29, 1.82) is 0 Å². The number of amides is 1. The molecule has 0 spiro atoms. The highest BCUT2D eigenvalue weighted by molar-refractivity contribution is 6.00. The second-order valence-electron chi connectivity index (χ2n) is 14.0. The molecule has 0 radical (unpaired) electrons. The summed E-state index contributed by atoms with van der Waals surface area (Å²) < 4.78 is 10.4. The third kappa shape index (κ3) is 4.07. The number of benzene rings is 1. The maximum Gasteiger partial charge on any atom is 0.254 e. The van der Waals surface area contributed by atoms with E-state index in [9.17, 15) is 4.79 Å². The number of fused-ring (bicyclic) bond motifs is 5. The number of ether oxygens (including phenoxy) is 1. The van der Waals surface area contributed by atoms with E-state index < -0.39 is 0 Å². The zero-order valence-electron chi connectivity index (χ0n) is 25.6. The van der Waals surface area contributed by atoms with Crippen molar-refractivity contribution in [2.24, 2.45) is 30.5 Å². The molecular weight excluding hydrogens is 552 g/mol. The van der Waals surface area contributed by atoms with Gasteiger partial charge in [0.25, 0.3) is 5.91 Å². The van der Waals surface area contributed by atoms with Gasteiger partial charge in [-0.3, -0.25) is 10.2 Å². The Morgan fingerprint density at radius 3 is 2.68 bits per heavy atom. The first-order valence-corrected chi connectivity index (χ1v) is 16.6. The lowest BCUT2D eigenvalue weighted by Gasteiger charge is -2.27. The van der Waals surface area contributed by atoms with Crippen LogP contribution in [0.2, 0.25) is 0 Å². The minimum atomic E-state index is 0.0230. The number of nitrogens with two attached hydrogens (primary N) is 1. The Bertz CT molecular complexity index is 1790. The third-order valence-corrected chi connectivity index (χ3v) is 11.4. The van der Waals surface area contributed by atoms with Gasteiger partial charge in [-0.05, 0) is 86.6 Å². The predicted molar refractivity (Wildman–Crippen MR) is 169 cm³/mol. The summed E-state index contributed by atoms with van der Waals surface area (Å²) in [5.41, 5.74) is 19.1. The molecule has 5 heterocycles. The smallest absolute Gasteiger partial charge is 0.254 e. The van der Waals surface area contributed by atoms with Gasteiger partial charge < -0.3 is 24.5 Å². The minimum Gasteiger partial charge on any atom is -0.494 e. The van der Waals surface area contributed by atoms with E-state index in [4.69, 9.17) is 20.4 Å². The molecule has 230 valence electrons. The topological polar surface area (TPSA) is 115 Å². The molecule has 3 aliphatic carbocycles. The molecule has 2 aliphatic heterocycles. The summed E-state index contributed by atoms with van der Waals surface area (Å²) in [5, 5.41) is 1.13. The van der Waals surface area contributed by atoms with Gasteiger partial charge in [-0.2, -0.15) is 0 Å². The highest BCUT2D eigenvalue weighted by atomic mass is 16.5. The van der Waals surface area contributed by atoms with Crippen molar-refractivity contribution in [1.82, 2.24) is 34.9 Å². The van der Waals surface area contributed by atoms with Gasteiger partial charge in [0.1, 0.15) is 16.9 Å². The minimum absolute atomic E-state index is 0.0230. The maximum atomic E-state index is 13.7. The molecule has 10 heteroatoms. The molecular formula is C34H42N8O2. The summed E-state index contributed by atoms with van der Waals surface area (Å²) >= 11 is 0. The lowest BCUT2D eigenvalue weighted by Crippen LogP contribution is -2.41. The Labute approximate surface area is 257 Å². The highest BCUT2D eigenvalue weighted by Gasteiger charge is 2.47. The van der Waals surface area contributed by atoms with Gasteiger partial charge in [-0.15, -0.1) is 0 Å². The molecule has 4 N–H and O–H groups in total. The quantitative estimate of drug-likeness (QED) is 0.305. The number of nitrogens with zero attached hydrogens (tertiary/aromatic N) is 5. The van der Waals surface area contributed by atoms with E-state index in [1.165, 1.54) is 38.5 Å². The van der Waals surface area contributed by atoms with Crippen molar-refractivity contribution in [2.45, 2.75) is 82.1 Å². The number of hydrogen-bond acceptors (Lipinski definition) is 7. The van der Waals surface area contributed by atoms with Gasteiger partial charge in [-0.25, -0.2) is 15.4 Å². The summed E-state index contributed by atoms with van der Waals surface area (Å²) in [6.45, 7) is 1.67. The van der Waals surface area contributed by atoms with E-state index >= 15 is 0 Å². The fraction of sp³-hybridized carbons (Fsp3) is 0.559. The van der Waals surface area contributed by atoms with Crippen molar-refractivity contribution in [3.05, 3.63) is 41.6 Å². The zero-order chi connectivity index (χ0) is 29.7. The number of hydrazine groups is 1. The Balaban J connectivity index is 1.13. The van der Waals surface area contributed by atoms with Gasteiger partial charge in [0.05, 0.1) is 30.1 Å². The number of methoxy groups -OCH3 is 1. The van der Waals surface area contributed by atoms with Gasteiger partial charge in [0.15, 0.2) is 5.82 Å². The third-order valence-electron chi connectivity index (χ3n) is 11.4. The van der Waals surface area contributed by atoms with Crippen molar-refractivity contribution in [2.75, 3.05) is 13.7 Å². The highest BCUT2D eigenvalue weighted by Crippen LogP contribution is 2.41. The number of piperidine rings is 1. The van der Waals surface area contributed by atoms with Gasteiger partial charge in [0, 0.05) is 49.2 Å². The number of likely N-dealkylation sites (tertiary alicyclic amines) is 1. The molecule has 5 unspecified atom stereocenters.